The first-order valence-electron chi connectivity index (χ1n) is 7.88. The molecule has 4 aromatic rings. The van der Waals surface area contributed by atoms with Crippen molar-refractivity contribution in [1.29, 1.82) is 0 Å². The molecule has 3 heterocycles. The lowest BCUT2D eigenvalue weighted by molar-refractivity contribution is -0.364. The molecule has 0 aliphatic heterocycles. The molecule has 0 atom stereocenters. The highest BCUT2D eigenvalue weighted by Gasteiger charge is 2.16. The molecule has 0 bridgehead atoms. The Labute approximate surface area is 167 Å². The molecule has 0 fully saturated rings. The van der Waals surface area contributed by atoms with Gasteiger partial charge in [-0.05, 0) is 29.8 Å². The number of nitrogen functional groups attached to an aromatic ring is 1. The highest BCUT2D eigenvalue weighted by Crippen LogP contribution is 2.33. The second-order valence-electron chi connectivity index (χ2n) is 5.63. The summed E-state index contributed by atoms with van der Waals surface area (Å²) in [6.07, 6.45) is 1.71. The van der Waals surface area contributed by atoms with E-state index in [0.29, 0.717) is 38.7 Å². The third kappa shape index (κ3) is 3.62. The number of nitrogens with two attached hydrogens (primary N) is 2. The van der Waals surface area contributed by atoms with Crippen molar-refractivity contribution in [3.63, 3.8) is 0 Å². The molecular formula is C17H14ClN6OS2+. The number of aromatic nitrogens is 3. The molecule has 6 N–H and O–H groups in total. The minimum atomic E-state index is -0.240. The monoisotopic (exact) mass is 417 g/mol. The molecule has 1 aromatic carbocycles. The van der Waals surface area contributed by atoms with Gasteiger partial charge in [0, 0.05) is 12.6 Å². The van der Waals surface area contributed by atoms with Gasteiger partial charge in [0.05, 0.1) is 25.7 Å². The maximum absolute atomic E-state index is 12.6. The molecule has 0 unspecified atom stereocenters. The number of nitrogens with zero attached hydrogens (tertiary/aromatic N) is 2. The number of hydrogen-bond acceptors (Lipinski definition) is 7. The van der Waals surface area contributed by atoms with E-state index in [-0.39, 0.29) is 5.91 Å². The fourth-order valence-corrected chi connectivity index (χ4v) is 4.68. The summed E-state index contributed by atoms with van der Waals surface area (Å²) < 4.78 is 0.880. The van der Waals surface area contributed by atoms with Crippen LogP contribution in [0.15, 0.2) is 36.5 Å². The number of rotatable bonds is 4. The zero-order valence-electron chi connectivity index (χ0n) is 13.8. The number of aromatic amines is 1. The lowest BCUT2D eigenvalue weighted by Crippen LogP contribution is -2.11. The SMILES string of the molecule is NCc1cc(Cl)c2nc(NC(=O)c3ccc(-c4cc[nH+]c(N)n4)s3)sc2c1. The number of benzene rings is 1. The molecular weight excluding hydrogens is 404 g/mol. The Balaban J connectivity index is 1.58. The van der Waals surface area contributed by atoms with Gasteiger partial charge in [-0.1, -0.05) is 27.9 Å². The average molecular weight is 418 g/mol. The summed E-state index contributed by atoms with van der Waals surface area (Å²) in [7, 11) is 0. The molecule has 3 aromatic heterocycles. The number of hydrogen-bond donors (Lipinski definition) is 3. The number of thiophene rings is 1. The van der Waals surface area contributed by atoms with Crippen molar-refractivity contribution < 1.29 is 9.78 Å². The van der Waals surface area contributed by atoms with Gasteiger partial charge in [0.25, 0.3) is 5.91 Å². The zero-order valence-corrected chi connectivity index (χ0v) is 16.2. The van der Waals surface area contributed by atoms with Crippen LogP contribution in [0.25, 0.3) is 20.8 Å². The summed E-state index contributed by atoms with van der Waals surface area (Å²) in [5.74, 6) is 0.0750. The van der Waals surface area contributed by atoms with Gasteiger partial charge in [-0.2, -0.15) is 0 Å². The molecule has 7 nitrogen and oxygen atoms in total. The molecule has 10 heteroatoms. The Bertz CT molecular complexity index is 1160. The van der Waals surface area contributed by atoms with Crippen LogP contribution in [0.3, 0.4) is 0 Å². The maximum Gasteiger partial charge on any atom is 0.387 e. The third-order valence-electron chi connectivity index (χ3n) is 3.76. The smallest absolute Gasteiger partial charge is 0.326 e. The van der Waals surface area contributed by atoms with Crippen LogP contribution in [0.1, 0.15) is 15.2 Å². The summed E-state index contributed by atoms with van der Waals surface area (Å²) >= 11 is 8.94. The quantitative estimate of drug-likeness (QED) is 0.470. The average Bonchev–Trinajstić information content (AvgIpc) is 3.28. The van der Waals surface area contributed by atoms with Gasteiger partial charge in [0.2, 0.25) is 0 Å². The fraction of sp³-hybridized carbons (Fsp3) is 0.0588. The predicted octanol–water partition coefficient (Wildman–Crippen LogP) is 3.18. The molecule has 27 heavy (non-hydrogen) atoms. The highest BCUT2D eigenvalue weighted by molar-refractivity contribution is 7.22. The summed E-state index contributed by atoms with van der Waals surface area (Å²) in [6, 6.07) is 9.10. The van der Waals surface area contributed by atoms with Gasteiger partial charge in [-0.15, -0.1) is 11.3 Å². The van der Waals surface area contributed by atoms with Crippen molar-refractivity contribution >= 4 is 61.5 Å². The van der Waals surface area contributed by atoms with E-state index in [1.165, 1.54) is 22.7 Å². The first-order valence-corrected chi connectivity index (χ1v) is 9.89. The summed E-state index contributed by atoms with van der Waals surface area (Å²) in [4.78, 5) is 25.4. The number of fused-ring (bicyclic) bond motifs is 1. The Morgan fingerprint density at radius 3 is 2.85 bits per heavy atom. The molecule has 4 rings (SSSR count). The number of carbonyl (C=O) groups is 1. The van der Waals surface area contributed by atoms with E-state index in [2.05, 4.69) is 20.3 Å². The van der Waals surface area contributed by atoms with Crippen LogP contribution in [0.4, 0.5) is 11.1 Å². The largest absolute Gasteiger partial charge is 0.387 e. The molecule has 0 aliphatic carbocycles. The normalized spacial score (nSPS) is 11.0. The van der Waals surface area contributed by atoms with E-state index in [9.17, 15) is 4.79 Å². The van der Waals surface area contributed by atoms with Crippen molar-refractivity contribution in [2.45, 2.75) is 6.54 Å². The van der Waals surface area contributed by atoms with Crippen LogP contribution in [0, 0.1) is 0 Å². The summed E-state index contributed by atoms with van der Waals surface area (Å²) in [5, 5.41) is 3.83. The van der Waals surface area contributed by atoms with Crippen LogP contribution < -0.4 is 21.8 Å². The minimum absolute atomic E-state index is 0.240. The zero-order chi connectivity index (χ0) is 19.0. The van der Waals surface area contributed by atoms with Crippen molar-refractivity contribution in [2.75, 3.05) is 11.1 Å². The third-order valence-corrected chi connectivity index (χ3v) is 6.07. The molecule has 0 aliphatic rings. The maximum atomic E-state index is 12.6. The number of nitrogens with one attached hydrogen (secondary N) is 2. The fourth-order valence-electron chi connectivity index (χ4n) is 2.51. The van der Waals surface area contributed by atoms with Crippen LogP contribution in [-0.4, -0.2) is 15.9 Å². The number of anilines is 2. The van der Waals surface area contributed by atoms with E-state index >= 15 is 0 Å². The van der Waals surface area contributed by atoms with Gasteiger partial charge >= 0.3 is 5.95 Å². The van der Waals surface area contributed by atoms with Crippen LogP contribution in [0.2, 0.25) is 5.02 Å². The lowest BCUT2D eigenvalue weighted by Gasteiger charge is -1.97. The topological polar surface area (TPSA) is 121 Å². The first-order chi connectivity index (χ1) is 13.0. The Kier molecular flexibility index (Phi) is 4.75. The molecule has 1 amide bonds. The number of amides is 1. The van der Waals surface area contributed by atoms with Gasteiger partial charge in [-0.25, -0.2) is 9.97 Å². The number of thiazole rings is 1. The number of H-pyrrole nitrogens is 1. The van der Waals surface area contributed by atoms with E-state index < -0.39 is 0 Å². The van der Waals surface area contributed by atoms with Gasteiger partial charge in [-0.3, -0.25) is 15.8 Å². The first kappa shape index (κ1) is 17.8. The number of halogens is 1. The number of carbonyl (C=O) groups excluding carboxylic acids is 1. The Hall–Kier alpha value is -2.59. The van der Waals surface area contributed by atoms with Crippen molar-refractivity contribution in [2.24, 2.45) is 5.73 Å². The second kappa shape index (κ2) is 7.20. The van der Waals surface area contributed by atoms with Crippen molar-refractivity contribution in [1.82, 2.24) is 9.97 Å². The van der Waals surface area contributed by atoms with Crippen molar-refractivity contribution in [3.8, 4) is 10.6 Å². The van der Waals surface area contributed by atoms with Gasteiger partial charge in [0.1, 0.15) is 5.52 Å². The Morgan fingerprint density at radius 2 is 2.07 bits per heavy atom. The Morgan fingerprint density at radius 1 is 1.22 bits per heavy atom. The van der Waals surface area contributed by atoms with Crippen LogP contribution >= 0.6 is 34.3 Å². The standard InChI is InChI=1S/C17H13ClN6OS2/c18-9-5-8(7-19)6-13-14(9)23-17(27-13)24-15(25)12-2-1-11(26-12)10-3-4-21-16(20)22-10/h1-6H,7,19H2,(H2,20,21,22)(H,23,24,25)/p+1. The highest BCUT2D eigenvalue weighted by atomic mass is 35.5. The minimum Gasteiger partial charge on any atom is -0.326 e. The van der Waals surface area contributed by atoms with E-state index in [1.807, 2.05) is 12.1 Å². The summed E-state index contributed by atoms with van der Waals surface area (Å²) in [5.41, 5.74) is 13.6. The molecule has 136 valence electrons. The predicted molar refractivity (Wildman–Crippen MR) is 109 cm³/mol. The lowest BCUT2D eigenvalue weighted by atomic mass is 10.2. The van der Waals surface area contributed by atoms with Crippen molar-refractivity contribution in [3.05, 3.63) is 52.0 Å². The summed E-state index contributed by atoms with van der Waals surface area (Å²) in [6.45, 7) is 0.392. The molecule has 0 saturated carbocycles. The molecule has 0 saturated heterocycles. The van der Waals surface area contributed by atoms with Gasteiger partial charge < -0.3 is 5.73 Å². The van der Waals surface area contributed by atoms with Gasteiger partial charge in [0.15, 0.2) is 10.8 Å². The molecule has 0 spiro atoms. The van der Waals surface area contributed by atoms with E-state index in [0.717, 1.165) is 15.1 Å². The molecule has 0 radical (unpaired) electrons. The van der Waals surface area contributed by atoms with Crippen LogP contribution in [-0.2, 0) is 6.54 Å². The second-order valence-corrected chi connectivity index (χ2v) is 8.15. The van der Waals surface area contributed by atoms with E-state index in [1.54, 1.807) is 24.4 Å². The van der Waals surface area contributed by atoms with E-state index in [4.69, 9.17) is 23.1 Å². The van der Waals surface area contributed by atoms with Crippen LogP contribution in [0.5, 0.6) is 0 Å².